The lowest BCUT2D eigenvalue weighted by molar-refractivity contribution is -0.139. The quantitative estimate of drug-likeness (QED) is 0.432. The fourth-order valence-electron chi connectivity index (χ4n) is 7.06. The van der Waals surface area contributed by atoms with Crippen molar-refractivity contribution in [1.82, 2.24) is 9.80 Å². The Bertz CT molecular complexity index is 1530. The van der Waals surface area contributed by atoms with Crippen LogP contribution in [0.25, 0.3) is 10.8 Å². The van der Waals surface area contributed by atoms with Crippen LogP contribution >= 0.6 is 0 Å². The van der Waals surface area contributed by atoms with Gasteiger partial charge in [0, 0.05) is 11.3 Å². The molecule has 39 heavy (non-hydrogen) atoms. The molecule has 2 aromatic carbocycles. The monoisotopic (exact) mass is 532 g/mol. The molecule has 200 valence electrons. The standard InChI is InChI=1S/C28H24N2O9/c1-38-27(36)29-23(32)16-8-7-15-17(21(16)25(29)34)11-18-22(26(35)30(24(18)33)28(37)39-2)20(15)14-9-10-19(31)13-6-4-3-5-12(13)14/h3-7,9-10,16-18,20-22,31H,8,11H2,1-2H3/t16-,17+,18+,20-,21-,22+/m0/s1. The van der Waals surface area contributed by atoms with Crippen LogP contribution in [0.5, 0.6) is 5.75 Å². The van der Waals surface area contributed by atoms with Crippen LogP contribution in [0.4, 0.5) is 9.59 Å². The summed E-state index contributed by atoms with van der Waals surface area (Å²) in [4.78, 5) is 79.5. The molecule has 2 aromatic rings. The van der Waals surface area contributed by atoms with Crippen LogP contribution in [0.3, 0.4) is 0 Å². The van der Waals surface area contributed by atoms with Gasteiger partial charge in [-0.25, -0.2) is 9.59 Å². The highest BCUT2D eigenvalue weighted by atomic mass is 16.5. The number of nitrogens with zero attached hydrogens (tertiary/aromatic N) is 2. The second kappa shape index (κ2) is 8.75. The van der Waals surface area contributed by atoms with Crippen molar-refractivity contribution in [2.45, 2.75) is 18.8 Å². The number of carbonyl (C=O) groups is 6. The molecule has 11 heteroatoms. The smallest absolute Gasteiger partial charge is 0.423 e. The zero-order valence-electron chi connectivity index (χ0n) is 21.0. The van der Waals surface area contributed by atoms with Crippen LogP contribution in [-0.2, 0) is 28.7 Å². The summed E-state index contributed by atoms with van der Waals surface area (Å²) in [6, 6.07) is 10.2. The maximum absolute atomic E-state index is 13.7. The summed E-state index contributed by atoms with van der Waals surface area (Å²) in [5.41, 5.74) is 1.33. The number of hydrogen-bond acceptors (Lipinski definition) is 9. The summed E-state index contributed by atoms with van der Waals surface area (Å²) < 4.78 is 9.39. The first-order chi connectivity index (χ1) is 18.7. The van der Waals surface area contributed by atoms with Gasteiger partial charge >= 0.3 is 12.2 Å². The zero-order chi connectivity index (χ0) is 27.7. The number of aromatic hydroxyl groups is 1. The predicted molar refractivity (Wildman–Crippen MR) is 132 cm³/mol. The average Bonchev–Trinajstić information content (AvgIpc) is 3.35. The lowest BCUT2D eigenvalue weighted by atomic mass is 9.57. The van der Waals surface area contributed by atoms with Gasteiger partial charge in [0.1, 0.15) is 5.75 Å². The second-order valence-corrected chi connectivity index (χ2v) is 10.2. The molecule has 0 bridgehead atoms. The minimum absolute atomic E-state index is 0.0336. The zero-order valence-corrected chi connectivity index (χ0v) is 21.0. The molecule has 6 rings (SSSR count). The Balaban J connectivity index is 1.54. The molecule has 2 heterocycles. The third-order valence-electron chi connectivity index (χ3n) is 8.63. The second-order valence-electron chi connectivity index (χ2n) is 10.2. The number of hydrogen-bond donors (Lipinski definition) is 1. The van der Waals surface area contributed by atoms with Gasteiger partial charge in [0.2, 0.25) is 23.6 Å². The Kier molecular flexibility index (Phi) is 5.56. The van der Waals surface area contributed by atoms with E-state index in [1.807, 2.05) is 6.08 Å². The van der Waals surface area contributed by atoms with E-state index in [0.717, 1.165) is 14.2 Å². The van der Waals surface area contributed by atoms with E-state index in [1.54, 1.807) is 30.3 Å². The summed E-state index contributed by atoms with van der Waals surface area (Å²) in [5.74, 6) is -7.83. The van der Waals surface area contributed by atoms with E-state index >= 15 is 0 Å². The van der Waals surface area contributed by atoms with Crippen LogP contribution < -0.4 is 0 Å². The Morgan fingerprint density at radius 2 is 1.36 bits per heavy atom. The SMILES string of the molecule is COC(=O)N1C(=O)[C@H]2[C@H](CC=C3[C@H]2C[C@H]2C(=O)N(C(=O)OC)C(=O)[C@H]2[C@H]3c2ccc(O)c3ccccc23)C1=O. The third kappa shape index (κ3) is 3.28. The molecule has 0 spiro atoms. The number of methoxy groups -OCH3 is 2. The third-order valence-corrected chi connectivity index (χ3v) is 8.63. The number of likely N-dealkylation sites (tertiary alicyclic amines) is 2. The Morgan fingerprint density at radius 1 is 0.769 bits per heavy atom. The van der Waals surface area contributed by atoms with Gasteiger partial charge in [-0.3, -0.25) is 19.2 Å². The largest absolute Gasteiger partial charge is 0.507 e. The summed E-state index contributed by atoms with van der Waals surface area (Å²) >= 11 is 0. The number of ether oxygens (including phenoxy) is 2. The number of amides is 6. The number of fused-ring (bicyclic) bond motifs is 5. The Morgan fingerprint density at radius 3 is 2.00 bits per heavy atom. The summed E-state index contributed by atoms with van der Waals surface area (Å²) in [5, 5.41) is 11.7. The van der Waals surface area contributed by atoms with Gasteiger partial charge < -0.3 is 14.6 Å². The highest BCUT2D eigenvalue weighted by Crippen LogP contribution is 2.58. The molecule has 3 fully saturated rings. The molecular formula is C28H24N2O9. The predicted octanol–water partition coefficient (Wildman–Crippen LogP) is 2.71. The van der Waals surface area contributed by atoms with E-state index < -0.39 is 71.3 Å². The average molecular weight is 533 g/mol. The van der Waals surface area contributed by atoms with Crippen LogP contribution in [0, 0.1) is 29.6 Å². The summed E-state index contributed by atoms with van der Waals surface area (Å²) in [7, 11) is 2.16. The number of carbonyl (C=O) groups excluding carboxylic acids is 6. The van der Waals surface area contributed by atoms with Crippen molar-refractivity contribution in [2.24, 2.45) is 29.6 Å². The van der Waals surface area contributed by atoms with Crippen molar-refractivity contribution in [3.63, 3.8) is 0 Å². The van der Waals surface area contributed by atoms with Crippen molar-refractivity contribution in [3.05, 3.63) is 53.6 Å². The maximum atomic E-state index is 13.7. The van der Waals surface area contributed by atoms with Crippen molar-refractivity contribution in [2.75, 3.05) is 14.2 Å². The van der Waals surface area contributed by atoms with E-state index in [2.05, 4.69) is 4.74 Å². The first kappa shape index (κ1) is 24.8. The van der Waals surface area contributed by atoms with E-state index in [9.17, 15) is 33.9 Å². The van der Waals surface area contributed by atoms with Gasteiger partial charge in [-0.1, -0.05) is 42.0 Å². The molecule has 0 aromatic heterocycles. The number of imide groups is 6. The normalized spacial score (nSPS) is 29.6. The lowest BCUT2D eigenvalue weighted by Crippen LogP contribution is -2.43. The Hall–Kier alpha value is -4.54. The topological polar surface area (TPSA) is 148 Å². The first-order valence-electron chi connectivity index (χ1n) is 12.5. The summed E-state index contributed by atoms with van der Waals surface area (Å²) in [6.07, 6.45) is -0.150. The highest BCUT2D eigenvalue weighted by Gasteiger charge is 2.64. The molecule has 2 aliphatic carbocycles. The van der Waals surface area contributed by atoms with E-state index in [4.69, 9.17) is 4.74 Å². The van der Waals surface area contributed by atoms with Gasteiger partial charge in [0.15, 0.2) is 0 Å². The molecule has 1 saturated carbocycles. The van der Waals surface area contributed by atoms with Gasteiger partial charge in [-0.05, 0) is 35.8 Å². The minimum atomic E-state index is -1.09. The molecule has 6 amide bonds. The maximum Gasteiger partial charge on any atom is 0.423 e. The van der Waals surface area contributed by atoms with E-state index in [1.165, 1.54) is 6.07 Å². The molecule has 0 unspecified atom stereocenters. The van der Waals surface area contributed by atoms with Gasteiger partial charge in [0.25, 0.3) is 0 Å². The van der Waals surface area contributed by atoms with Gasteiger partial charge in [-0.2, -0.15) is 9.80 Å². The number of phenolic OH excluding ortho intramolecular Hbond substituents is 1. The molecule has 11 nitrogen and oxygen atoms in total. The van der Waals surface area contributed by atoms with Crippen LogP contribution in [-0.4, -0.2) is 64.9 Å². The molecule has 6 atom stereocenters. The first-order valence-corrected chi connectivity index (χ1v) is 12.5. The van der Waals surface area contributed by atoms with Crippen molar-refractivity contribution < 1.29 is 43.3 Å². The number of benzene rings is 2. The number of rotatable bonds is 1. The molecule has 1 N–H and O–H groups in total. The van der Waals surface area contributed by atoms with Gasteiger partial charge in [-0.15, -0.1) is 0 Å². The molecular weight excluding hydrogens is 508 g/mol. The molecule has 2 aliphatic heterocycles. The number of allylic oxidation sites excluding steroid dienone is 2. The molecule has 4 aliphatic rings. The van der Waals surface area contributed by atoms with Crippen LogP contribution in [0.1, 0.15) is 24.3 Å². The van der Waals surface area contributed by atoms with Crippen molar-refractivity contribution in [1.29, 1.82) is 0 Å². The Labute approximate surface area is 221 Å². The van der Waals surface area contributed by atoms with Crippen LogP contribution in [0.15, 0.2) is 48.0 Å². The molecule has 0 radical (unpaired) electrons. The van der Waals surface area contributed by atoms with Crippen molar-refractivity contribution in [3.8, 4) is 5.75 Å². The van der Waals surface area contributed by atoms with Crippen LogP contribution in [0.2, 0.25) is 0 Å². The fraction of sp³-hybridized carbons (Fsp3) is 0.357. The minimum Gasteiger partial charge on any atom is -0.507 e. The number of phenols is 1. The fourth-order valence-corrected chi connectivity index (χ4v) is 7.06. The van der Waals surface area contributed by atoms with Gasteiger partial charge in [0.05, 0.1) is 37.9 Å². The summed E-state index contributed by atoms with van der Waals surface area (Å²) in [6.45, 7) is 0. The molecule has 2 saturated heterocycles. The highest BCUT2D eigenvalue weighted by molar-refractivity contribution is 6.17. The van der Waals surface area contributed by atoms with E-state index in [0.29, 0.717) is 31.7 Å². The van der Waals surface area contributed by atoms with Crippen molar-refractivity contribution >= 4 is 46.6 Å². The lowest BCUT2D eigenvalue weighted by Gasteiger charge is -2.44. The van der Waals surface area contributed by atoms with E-state index in [-0.39, 0.29) is 18.6 Å².